The summed E-state index contributed by atoms with van der Waals surface area (Å²) in [5.74, 6) is -0.623. The highest BCUT2D eigenvalue weighted by Crippen LogP contribution is 2.28. The summed E-state index contributed by atoms with van der Waals surface area (Å²) in [5.41, 5.74) is -1.98. The highest BCUT2D eigenvalue weighted by molar-refractivity contribution is 5.90. The van der Waals surface area contributed by atoms with Gasteiger partial charge in [0.15, 0.2) is 0 Å². The van der Waals surface area contributed by atoms with Crippen LogP contribution >= 0.6 is 0 Å². The number of aryl methyl sites for hydroxylation is 2. The molecule has 146 valence electrons. The number of fused-ring (bicyclic) bond motifs is 1. The fourth-order valence-electron chi connectivity index (χ4n) is 2.65. The Bertz CT molecular complexity index is 1180. The molecule has 3 aromatic rings. The zero-order valence-electron chi connectivity index (χ0n) is 14.9. The number of nitrogens with zero attached hydrogens (tertiary/aromatic N) is 3. The average Bonchev–Trinajstić information content (AvgIpc) is 2.64. The van der Waals surface area contributed by atoms with Gasteiger partial charge >= 0.3 is 11.9 Å². The van der Waals surface area contributed by atoms with Crippen molar-refractivity contribution in [3.63, 3.8) is 0 Å². The second-order valence-electron chi connectivity index (χ2n) is 6.21. The molecule has 0 aliphatic carbocycles. The fourth-order valence-corrected chi connectivity index (χ4v) is 2.65. The van der Waals surface area contributed by atoms with Crippen molar-refractivity contribution in [1.82, 2.24) is 14.1 Å². The van der Waals surface area contributed by atoms with E-state index in [2.05, 4.69) is 10.3 Å². The van der Waals surface area contributed by atoms with Crippen LogP contribution in [0.4, 0.5) is 18.9 Å². The van der Waals surface area contributed by atoms with E-state index in [0.29, 0.717) is 16.3 Å². The van der Waals surface area contributed by atoms with Gasteiger partial charge < -0.3 is 5.32 Å². The van der Waals surface area contributed by atoms with E-state index in [1.54, 1.807) is 24.3 Å². The maximum Gasteiger partial charge on any atom is 0.433 e. The average molecular weight is 392 g/mol. The van der Waals surface area contributed by atoms with Crippen LogP contribution in [0.5, 0.6) is 0 Å². The van der Waals surface area contributed by atoms with Gasteiger partial charge in [0, 0.05) is 12.7 Å². The first-order valence-electron chi connectivity index (χ1n) is 8.12. The Hall–Kier alpha value is -3.43. The summed E-state index contributed by atoms with van der Waals surface area (Å²) >= 11 is 0. The monoisotopic (exact) mass is 392 g/mol. The summed E-state index contributed by atoms with van der Waals surface area (Å²) in [4.78, 5) is 40.6. The minimum absolute atomic E-state index is 0.196. The molecular weight excluding hydrogens is 377 g/mol. The molecule has 0 fully saturated rings. The predicted octanol–water partition coefficient (Wildman–Crippen LogP) is 2.06. The summed E-state index contributed by atoms with van der Waals surface area (Å²) in [6.07, 6.45) is -4.72. The summed E-state index contributed by atoms with van der Waals surface area (Å²) in [6.45, 7) is 1.29. The molecule has 0 saturated carbocycles. The number of carbonyl (C=O) groups excluding carboxylic acids is 1. The number of amides is 1. The van der Waals surface area contributed by atoms with Crippen molar-refractivity contribution in [1.29, 1.82) is 0 Å². The van der Waals surface area contributed by atoms with Gasteiger partial charge in [0.1, 0.15) is 17.9 Å². The standard InChI is InChI=1S/C18H15F3N4O3/c1-10-3-5-11(6-4-10)22-14(26)9-25-16(27)12-7-8-13(18(19,20)21)23-15(12)24(2)17(25)28/h3-8H,9H2,1-2H3,(H,22,26). The maximum absolute atomic E-state index is 12.8. The van der Waals surface area contributed by atoms with Gasteiger partial charge in [-0.05, 0) is 31.2 Å². The molecule has 0 bridgehead atoms. The molecule has 0 unspecified atom stereocenters. The van der Waals surface area contributed by atoms with Crippen LogP contribution in [-0.2, 0) is 24.6 Å². The SMILES string of the molecule is Cc1ccc(NC(=O)Cn2c(=O)c3ccc(C(F)(F)F)nc3n(C)c2=O)cc1. The van der Waals surface area contributed by atoms with Crippen LogP contribution in [-0.4, -0.2) is 20.0 Å². The van der Waals surface area contributed by atoms with Gasteiger partial charge in [-0.1, -0.05) is 17.7 Å². The molecule has 10 heteroatoms. The number of carbonyl (C=O) groups is 1. The number of pyridine rings is 1. The van der Waals surface area contributed by atoms with E-state index in [-0.39, 0.29) is 5.39 Å². The van der Waals surface area contributed by atoms with E-state index < -0.39 is 41.2 Å². The Morgan fingerprint density at radius 3 is 2.36 bits per heavy atom. The highest BCUT2D eigenvalue weighted by atomic mass is 19.4. The Balaban J connectivity index is 2.00. The lowest BCUT2D eigenvalue weighted by Gasteiger charge is -2.12. The molecule has 1 N–H and O–H groups in total. The minimum atomic E-state index is -4.72. The van der Waals surface area contributed by atoms with Crippen molar-refractivity contribution < 1.29 is 18.0 Å². The first kappa shape index (κ1) is 19.3. The van der Waals surface area contributed by atoms with Gasteiger partial charge in [0.2, 0.25) is 5.91 Å². The van der Waals surface area contributed by atoms with E-state index in [1.165, 1.54) is 7.05 Å². The second-order valence-corrected chi connectivity index (χ2v) is 6.21. The van der Waals surface area contributed by atoms with Crippen molar-refractivity contribution in [2.24, 2.45) is 7.05 Å². The molecule has 3 rings (SSSR count). The van der Waals surface area contributed by atoms with Crippen LogP contribution in [0, 0.1) is 6.92 Å². The molecule has 28 heavy (non-hydrogen) atoms. The van der Waals surface area contributed by atoms with Crippen molar-refractivity contribution in [2.75, 3.05) is 5.32 Å². The third-order valence-electron chi connectivity index (χ3n) is 4.11. The zero-order chi connectivity index (χ0) is 20.6. The number of benzene rings is 1. The molecule has 0 radical (unpaired) electrons. The topological polar surface area (TPSA) is 86.0 Å². The van der Waals surface area contributed by atoms with E-state index in [9.17, 15) is 27.6 Å². The molecule has 2 aromatic heterocycles. The van der Waals surface area contributed by atoms with Crippen LogP contribution in [0.1, 0.15) is 11.3 Å². The highest BCUT2D eigenvalue weighted by Gasteiger charge is 2.33. The Labute approximate surface area is 156 Å². The molecule has 0 aliphatic rings. The Morgan fingerprint density at radius 2 is 1.75 bits per heavy atom. The van der Waals surface area contributed by atoms with Crippen LogP contribution in [0.25, 0.3) is 11.0 Å². The molecule has 0 atom stereocenters. The normalized spacial score (nSPS) is 11.6. The minimum Gasteiger partial charge on any atom is -0.325 e. The first-order valence-corrected chi connectivity index (χ1v) is 8.12. The first-order chi connectivity index (χ1) is 13.1. The number of halogens is 3. The van der Waals surface area contributed by atoms with Crippen LogP contribution < -0.4 is 16.6 Å². The number of anilines is 1. The van der Waals surface area contributed by atoms with E-state index >= 15 is 0 Å². The summed E-state index contributed by atoms with van der Waals surface area (Å²) < 4.78 is 40.0. The molecule has 0 aliphatic heterocycles. The van der Waals surface area contributed by atoms with Gasteiger partial charge in [-0.3, -0.25) is 18.7 Å². The number of hydrogen-bond acceptors (Lipinski definition) is 4. The number of aromatic nitrogens is 3. The summed E-state index contributed by atoms with van der Waals surface area (Å²) in [5, 5.41) is 2.36. The van der Waals surface area contributed by atoms with Crippen molar-refractivity contribution in [3.8, 4) is 0 Å². The third kappa shape index (κ3) is 3.66. The Kier molecular flexibility index (Phi) is 4.80. The van der Waals surface area contributed by atoms with Gasteiger partial charge in [0.25, 0.3) is 5.56 Å². The second kappa shape index (κ2) is 6.95. The predicted molar refractivity (Wildman–Crippen MR) is 96.1 cm³/mol. The van der Waals surface area contributed by atoms with Crippen LogP contribution in [0.3, 0.4) is 0 Å². The molecule has 2 heterocycles. The van der Waals surface area contributed by atoms with E-state index in [1.807, 2.05) is 6.92 Å². The number of alkyl halides is 3. The fraction of sp³-hybridized carbons (Fsp3) is 0.222. The lowest BCUT2D eigenvalue weighted by atomic mass is 10.2. The van der Waals surface area contributed by atoms with E-state index in [0.717, 1.165) is 16.2 Å². The van der Waals surface area contributed by atoms with Gasteiger partial charge in [-0.15, -0.1) is 0 Å². The smallest absolute Gasteiger partial charge is 0.325 e. The van der Waals surface area contributed by atoms with Crippen molar-refractivity contribution in [3.05, 3.63) is 68.5 Å². The zero-order valence-corrected chi connectivity index (χ0v) is 14.9. The number of rotatable bonds is 3. The Morgan fingerprint density at radius 1 is 1.11 bits per heavy atom. The van der Waals surface area contributed by atoms with Gasteiger partial charge in [0.05, 0.1) is 5.39 Å². The third-order valence-corrected chi connectivity index (χ3v) is 4.11. The summed E-state index contributed by atoms with van der Waals surface area (Å²) in [7, 11) is 1.19. The molecular formula is C18H15F3N4O3. The lowest BCUT2D eigenvalue weighted by molar-refractivity contribution is -0.141. The molecule has 1 aromatic carbocycles. The molecule has 0 saturated heterocycles. The quantitative estimate of drug-likeness (QED) is 0.739. The van der Waals surface area contributed by atoms with Crippen LogP contribution in [0.15, 0.2) is 46.0 Å². The summed E-state index contributed by atoms with van der Waals surface area (Å²) in [6, 6.07) is 8.49. The molecule has 0 spiro atoms. The number of nitrogens with one attached hydrogen (secondary N) is 1. The van der Waals surface area contributed by atoms with Gasteiger partial charge in [-0.25, -0.2) is 9.78 Å². The van der Waals surface area contributed by atoms with Crippen molar-refractivity contribution in [2.45, 2.75) is 19.6 Å². The van der Waals surface area contributed by atoms with Crippen molar-refractivity contribution >= 4 is 22.6 Å². The van der Waals surface area contributed by atoms with E-state index in [4.69, 9.17) is 0 Å². The number of hydrogen-bond donors (Lipinski definition) is 1. The van der Waals surface area contributed by atoms with Crippen LogP contribution in [0.2, 0.25) is 0 Å². The van der Waals surface area contributed by atoms with Gasteiger partial charge in [-0.2, -0.15) is 13.2 Å². The largest absolute Gasteiger partial charge is 0.433 e. The molecule has 7 nitrogen and oxygen atoms in total. The molecule has 1 amide bonds. The lowest BCUT2D eigenvalue weighted by Crippen LogP contribution is -2.42. The maximum atomic E-state index is 12.8.